The van der Waals surface area contributed by atoms with Gasteiger partial charge in [-0.15, -0.1) is 0 Å². The fourth-order valence-electron chi connectivity index (χ4n) is 1.11. The molecule has 0 fully saturated rings. The van der Waals surface area contributed by atoms with E-state index in [0.717, 1.165) is 0 Å². The summed E-state index contributed by atoms with van der Waals surface area (Å²) >= 11 is 0. The minimum atomic E-state index is -0.177. The molecule has 0 aromatic heterocycles. The quantitative estimate of drug-likeness (QED) is 0.592. The van der Waals surface area contributed by atoms with Crippen LogP contribution in [0.3, 0.4) is 0 Å². The van der Waals surface area contributed by atoms with Gasteiger partial charge in [0.15, 0.2) is 0 Å². The van der Waals surface area contributed by atoms with Crippen LogP contribution < -0.4 is 0 Å². The van der Waals surface area contributed by atoms with Crippen LogP contribution in [0.4, 0.5) is 0 Å². The van der Waals surface area contributed by atoms with Crippen LogP contribution in [0.25, 0.3) is 0 Å². The van der Waals surface area contributed by atoms with E-state index in [1.165, 1.54) is 0 Å². The summed E-state index contributed by atoms with van der Waals surface area (Å²) in [4.78, 5) is 0. The second-order valence-electron chi connectivity index (χ2n) is 2.43. The summed E-state index contributed by atoms with van der Waals surface area (Å²) in [5, 5.41) is 26.6. The first kappa shape index (κ1) is 9.19. The smallest absolute Gasteiger partial charge is 0.0691 e. The Morgan fingerprint density at radius 1 is 1.08 bits per heavy atom. The minimum absolute atomic E-state index is 0.127. The molecule has 1 rings (SSSR count). The van der Waals surface area contributed by atoms with Crippen molar-refractivity contribution >= 4 is 0 Å². The topological polar surface area (TPSA) is 60.7 Å². The lowest BCUT2D eigenvalue weighted by atomic mass is 10.0. The first-order valence-electron chi connectivity index (χ1n) is 3.67. The second kappa shape index (κ2) is 4.21. The van der Waals surface area contributed by atoms with Crippen LogP contribution in [0.15, 0.2) is 12.1 Å². The molecule has 1 aromatic carbocycles. The van der Waals surface area contributed by atoms with Crippen molar-refractivity contribution in [3.05, 3.63) is 34.9 Å². The standard InChI is InChI=1S/C9H11O3/c10-4-7-2-1-3-8(5-11)9(7)6-12/h1-2,10-12H,4-6H2. The molecule has 0 aliphatic rings. The molecule has 3 nitrogen and oxygen atoms in total. The normalized spacial score (nSPS) is 10.2. The van der Waals surface area contributed by atoms with E-state index in [2.05, 4.69) is 6.07 Å². The predicted molar refractivity (Wildman–Crippen MR) is 43.0 cm³/mol. The van der Waals surface area contributed by atoms with Gasteiger partial charge in [-0.25, -0.2) is 0 Å². The Labute approximate surface area is 70.9 Å². The molecule has 0 aliphatic heterocycles. The zero-order valence-electron chi connectivity index (χ0n) is 6.62. The Bertz CT molecular complexity index is 236. The molecule has 1 radical (unpaired) electrons. The SMILES string of the molecule is OCc1[c]ccc(CO)c1CO. The van der Waals surface area contributed by atoms with Crippen molar-refractivity contribution in [3.8, 4) is 0 Å². The molecule has 1 aromatic rings. The Morgan fingerprint density at radius 2 is 1.83 bits per heavy atom. The molecule has 0 saturated carbocycles. The molecule has 0 bridgehead atoms. The van der Waals surface area contributed by atoms with E-state index in [0.29, 0.717) is 16.7 Å². The van der Waals surface area contributed by atoms with E-state index in [-0.39, 0.29) is 19.8 Å². The van der Waals surface area contributed by atoms with Gasteiger partial charge in [0, 0.05) is 0 Å². The van der Waals surface area contributed by atoms with Gasteiger partial charge in [-0.05, 0) is 22.8 Å². The fourth-order valence-corrected chi connectivity index (χ4v) is 1.11. The molecule has 0 aliphatic carbocycles. The summed E-state index contributed by atoms with van der Waals surface area (Å²) in [5.41, 5.74) is 1.76. The molecule has 65 valence electrons. The van der Waals surface area contributed by atoms with Crippen molar-refractivity contribution < 1.29 is 15.3 Å². The lowest BCUT2D eigenvalue weighted by molar-refractivity contribution is 0.247. The van der Waals surface area contributed by atoms with Gasteiger partial charge in [-0.3, -0.25) is 0 Å². The van der Waals surface area contributed by atoms with Crippen molar-refractivity contribution in [2.75, 3.05) is 0 Å². The van der Waals surface area contributed by atoms with Gasteiger partial charge in [-0.1, -0.05) is 12.1 Å². The maximum absolute atomic E-state index is 8.92. The van der Waals surface area contributed by atoms with Gasteiger partial charge in [0.2, 0.25) is 0 Å². The predicted octanol–water partition coefficient (Wildman–Crippen LogP) is -0.0363. The molecular formula is C9H11O3. The van der Waals surface area contributed by atoms with Crippen LogP contribution >= 0.6 is 0 Å². The van der Waals surface area contributed by atoms with Crippen LogP contribution in [0.5, 0.6) is 0 Å². The summed E-state index contributed by atoms with van der Waals surface area (Å²) in [6, 6.07) is 6.08. The summed E-state index contributed by atoms with van der Waals surface area (Å²) in [7, 11) is 0. The summed E-state index contributed by atoms with van der Waals surface area (Å²) < 4.78 is 0. The Morgan fingerprint density at radius 3 is 2.33 bits per heavy atom. The lowest BCUT2D eigenvalue weighted by Crippen LogP contribution is -2.00. The second-order valence-corrected chi connectivity index (χ2v) is 2.43. The molecule has 0 saturated heterocycles. The van der Waals surface area contributed by atoms with Crippen molar-refractivity contribution in [1.29, 1.82) is 0 Å². The highest BCUT2D eigenvalue weighted by molar-refractivity contribution is 5.33. The number of benzene rings is 1. The molecule has 0 atom stereocenters. The van der Waals surface area contributed by atoms with Crippen LogP contribution in [0.1, 0.15) is 16.7 Å². The first-order chi connectivity index (χ1) is 5.83. The highest BCUT2D eigenvalue weighted by atomic mass is 16.3. The number of rotatable bonds is 3. The molecular weight excluding hydrogens is 156 g/mol. The molecule has 0 heterocycles. The van der Waals surface area contributed by atoms with Gasteiger partial charge < -0.3 is 15.3 Å². The number of aliphatic hydroxyl groups is 3. The van der Waals surface area contributed by atoms with E-state index in [9.17, 15) is 0 Å². The molecule has 3 N–H and O–H groups in total. The zero-order valence-corrected chi connectivity index (χ0v) is 6.62. The molecule has 0 amide bonds. The third-order valence-corrected chi connectivity index (χ3v) is 1.78. The number of aliphatic hydroxyl groups excluding tert-OH is 3. The van der Waals surface area contributed by atoms with Crippen molar-refractivity contribution in [2.45, 2.75) is 19.8 Å². The van der Waals surface area contributed by atoms with E-state index in [1.807, 2.05) is 0 Å². The average molecular weight is 167 g/mol. The molecule has 0 spiro atoms. The van der Waals surface area contributed by atoms with E-state index < -0.39 is 0 Å². The van der Waals surface area contributed by atoms with Crippen LogP contribution in [0, 0.1) is 6.07 Å². The minimum Gasteiger partial charge on any atom is -0.392 e. The Balaban J connectivity index is 3.13. The van der Waals surface area contributed by atoms with Crippen molar-refractivity contribution in [2.24, 2.45) is 0 Å². The molecule has 3 heteroatoms. The number of hydrogen-bond donors (Lipinski definition) is 3. The van der Waals surface area contributed by atoms with Crippen molar-refractivity contribution in [1.82, 2.24) is 0 Å². The highest BCUT2D eigenvalue weighted by Gasteiger charge is 2.05. The maximum Gasteiger partial charge on any atom is 0.0691 e. The summed E-state index contributed by atoms with van der Waals surface area (Å²) in [6.07, 6.45) is 0. The maximum atomic E-state index is 8.92. The van der Waals surface area contributed by atoms with Gasteiger partial charge in [-0.2, -0.15) is 0 Å². The monoisotopic (exact) mass is 167 g/mol. The van der Waals surface area contributed by atoms with Gasteiger partial charge in [0.05, 0.1) is 19.8 Å². The van der Waals surface area contributed by atoms with E-state index in [1.54, 1.807) is 12.1 Å². The Hall–Kier alpha value is -0.900. The third kappa shape index (κ3) is 1.64. The zero-order chi connectivity index (χ0) is 8.97. The lowest BCUT2D eigenvalue weighted by Gasteiger charge is -2.08. The van der Waals surface area contributed by atoms with Gasteiger partial charge in [0.1, 0.15) is 0 Å². The number of hydrogen-bond acceptors (Lipinski definition) is 3. The average Bonchev–Trinajstić information content (AvgIpc) is 2.16. The summed E-state index contributed by atoms with van der Waals surface area (Å²) in [6.45, 7) is -0.468. The highest BCUT2D eigenvalue weighted by Crippen LogP contribution is 2.14. The largest absolute Gasteiger partial charge is 0.392 e. The fraction of sp³-hybridized carbons (Fsp3) is 0.333. The van der Waals surface area contributed by atoms with Crippen LogP contribution in [-0.4, -0.2) is 15.3 Å². The van der Waals surface area contributed by atoms with Crippen molar-refractivity contribution in [3.63, 3.8) is 0 Å². The molecule has 12 heavy (non-hydrogen) atoms. The van der Waals surface area contributed by atoms with Gasteiger partial charge in [0.25, 0.3) is 0 Å². The van der Waals surface area contributed by atoms with Gasteiger partial charge >= 0.3 is 0 Å². The third-order valence-electron chi connectivity index (χ3n) is 1.78. The van der Waals surface area contributed by atoms with Crippen LogP contribution in [-0.2, 0) is 19.8 Å². The summed E-state index contributed by atoms with van der Waals surface area (Å²) in [5.74, 6) is 0. The molecule has 0 unspecified atom stereocenters. The van der Waals surface area contributed by atoms with E-state index in [4.69, 9.17) is 15.3 Å². The van der Waals surface area contributed by atoms with E-state index >= 15 is 0 Å². The first-order valence-corrected chi connectivity index (χ1v) is 3.67. The van der Waals surface area contributed by atoms with Crippen LogP contribution in [0.2, 0.25) is 0 Å². The Kier molecular flexibility index (Phi) is 3.22.